The van der Waals surface area contributed by atoms with Crippen LogP contribution < -0.4 is 0 Å². The van der Waals surface area contributed by atoms with E-state index in [-0.39, 0.29) is 23.3 Å². The molecule has 1 heterocycles. The lowest BCUT2D eigenvalue weighted by atomic mass is 9.84. The highest BCUT2D eigenvalue weighted by atomic mass is 28.3. The van der Waals surface area contributed by atoms with Gasteiger partial charge in [-0.1, -0.05) is 20.8 Å². The van der Waals surface area contributed by atoms with Crippen molar-refractivity contribution in [1.29, 1.82) is 0 Å². The summed E-state index contributed by atoms with van der Waals surface area (Å²) in [6, 6.07) is -0.155. The molecule has 2 amide bonds. The maximum atomic E-state index is 12.7. The topological polar surface area (TPSA) is 55.8 Å². The number of imide groups is 1. The summed E-state index contributed by atoms with van der Waals surface area (Å²) in [5.41, 5.74) is -0.796. The van der Waals surface area contributed by atoms with Crippen LogP contribution in [0.15, 0.2) is 0 Å². The van der Waals surface area contributed by atoms with E-state index in [2.05, 4.69) is 13.1 Å². The van der Waals surface area contributed by atoms with E-state index in [1.165, 1.54) is 4.90 Å². The van der Waals surface area contributed by atoms with E-state index in [9.17, 15) is 9.59 Å². The van der Waals surface area contributed by atoms with Crippen LogP contribution in [0.25, 0.3) is 0 Å². The molecule has 0 saturated carbocycles. The van der Waals surface area contributed by atoms with Crippen LogP contribution in [0.1, 0.15) is 48.0 Å². The molecule has 0 aromatic heterocycles. The Balaban J connectivity index is 2.94. The van der Waals surface area contributed by atoms with Crippen molar-refractivity contribution in [1.82, 2.24) is 4.90 Å². The number of amides is 2. The van der Waals surface area contributed by atoms with Gasteiger partial charge in [-0.3, -0.25) is 4.79 Å². The highest BCUT2D eigenvalue weighted by Crippen LogP contribution is 2.37. The average Bonchev–Trinajstić information content (AvgIpc) is 2.61. The lowest BCUT2D eigenvalue weighted by Gasteiger charge is -2.34. The van der Waals surface area contributed by atoms with Crippen molar-refractivity contribution in [2.24, 2.45) is 11.3 Å². The van der Waals surface area contributed by atoms with E-state index in [1.807, 2.05) is 41.5 Å². The molecular weight excluding hydrogens is 298 g/mol. The molecule has 1 aliphatic heterocycles. The van der Waals surface area contributed by atoms with Gasteiger partial charge in [-0.2, -0.15) is 0 Å². The number of ether oxygens (including phenoxy) is 1. The van der Waals surface area contributed by atoms with E-state index >= 15 is 0 Å². The largest absolute Gasteiger partial charge is 0.443 e. The number of nitrogens with zero attached hydrogens (tertiary/aromatic N) is 1. The standard InChI is InChI=1S/C16H31NO4Si/c1-15(2,3)12-9-11(10-20-22(7)8)13(18)17(12)14(19)21-16(4,5)6/h11-12,22H,9-10H2,1-8H3/t11?,12-/m0/s1. The number of likely N-dealkylation sites (tertiary alicyclic amines) is 1. The highest BCUT2D eigenvalue weighted by Gasteiger charge is 2.49. The van der Waals surface area contributed by atoms with E-state index in [0.29, 0.717) is 13.0 Å². The Kier molecular flexibility index (Phi) is 5.84. The van der Waals surface area contributed by atoms with Gasteiger partial charge in [0.05, 0.1) is 5.92 Å². The second kappa shape index (κ2) is 6.70. The van der Waals surface area contributed by atoms with Crippen molar-refractivity contribution in [2.75, 3.05) is 6.61 Å². The molecule has 0 bridgehead atoms. The van der Waals surface area contributed by atoms with Crippen LogP contribution in [-0.4, -0.2) is 44.2 Å². The summed E-state index contributed by atoms with van der Waals surface area (Å²) in [5, 5.41) is 0. The van der Waals surface area contributed by atoms with E-state index in [1.54, 1.807) is 0 Å². The van der Waals surface area contributed by atoms with Crippen molar-refractivity contribution in [3.05, 3.63) is 0 Å². The van der Waals surface area contributed by atoms with Gasteiger partial charge in [-0.15, -0.1) is 0 Å². The molecule has 6 heteroatoms. The second-order valence-corrected chi connectivity index (χ2v) is 10.8. The van der Waals surface area contributed by atoms with Gasteiger partial charge in [0.25, 0.3) is 0 Å². The first-order chi connectivity index (χ1) is 9.83. The van der Waals surface area contributed by atoms with Crippen molar-refractivity contribution in [3.8, 4) is 0 Å². The number of carbonyl (C=O) groups is 2. The molecule has 0 spiro atoms. The van der Waals surface area contributed by atoms with Crippen molar-refractivity contribution < 1.29 is 18.8 Å². The minimum absolute atomic E-state index is 0.155. The van der Waals surface area contributed by atoms with Crippen LogP contribution in [0.4, 0.5) is 4.79 Å². The molecule has 1 unspecified atom stereocenters. The fourth-order valence-corrected chi connectivity index (χ4v) is 3.16. The molecular formula is C16H31NO4Si. The summed E-state index contributed by atoms with van der Waals surface area (Å²) in [4.78, 5) is 26.4. The summed E-state index contributed by atoms with van der Waals surface area (Å²) >= 11 is 0. The lowest BCUT2D eigenvalue weighted by Crippen LogP contribution is -2.47. The second-order valence-electron chi connectivity index (χ2n) is 8.39. The number of carbonyl (C=O) groups excluding carboxylic acids is 2. The van der Waals surface area contributed by atoms with Gasteiger partial charge >= 0.3 is 6.09 Å². The zero-order chi connectivity index (χ0) is 17.3. The third-order valence-corrected chi connectivity index (χ3v) is 4.49. The molecule has 1 fully saturated rings. The maximum absolute atomic E-state index is 12.7. The first-order valence-electron chi connectivity index (χ1n) is 8.00. The molecule has 1 saturated heterocycles. The molecule has 0 aromatic rings. The Hall–Kier alpha value is -0.883. The fraction of sp³-hybridized carbons (Fsp3) is 0.875. The number of hydrogen-bond acceptors (Lipinski definition) is 4. The molecule has 1 aliphatic rings. The summed E-state index contributed by atoms with van der Waals surface area (Å²) in [6.07, 6.45) is 0.101. The third-order valence-electron chi connectivity index (χ3n) is 3.63. The normalized spacial score (nSPS) is 23.3. The SMILES string of the molecule is C[SiH](C)OCC1C[C@@H](C(C)(C)C)N(C(=O)OC(C)(C)C)C1=O. The summed E-state index contributed by atoms with van der Waals surface area (Å²) in [5.74, 6) is -0.407. The Morgan fingerprint density at radius 2 is 1.77 bits per heavy atom. The Morgan fingerprint density at radius 1 is 1.23 bits per heavy atom. The Morgan fingerprint density at radius 3 is 2.18 bits per heavy atom. The highest BCUT2D eigenvalue weighted by molar-refractivity contribution is 6.48. The molecule has 0 radical (unpaired) electrons. The smallest absolute Gasteiger partial charge is 0.417 e. The van der Waals surface area contributed by atoms with Gasteiger partial charge in [0.15, 0.2) is 9.04 Å². The van der Waals surface area contributed by atoms with Crippen LogP contribution in [0.5, 0.6) is 0 Å². The summed E-state index contributed by atoms with van der Waals surface area (Å²) in [7, 11) is -1.18. The summed E-state index contributed by atoms with van der Waals surface area (Å²) < 4.78 is 11.2. The molecule has 1 rings (SSSR count). The van der Waals surface area contributed by atoms with Crippen LogP contribution >= 0.6 is 0 Å². The van der Waals surface area contributed by atoms with Gasteiger partial charge in [0, 0.05) is 12.6 Å². The van der Waals surface area contributed by atoms with Crippen molar-refractivity contribution in [2.45, 2.75) is 72.7 Å². The summed E-state index contributed by atoms with van der Waals surface area (Å²) in [6.45, 7) is 16.1. The van der Waals surface area contributed by atoms with Crippen molar-refractivity contribution >= 4 is 21.0 Å². The van der Waals surface area contributed by atoms with Gasteiger partial charge in [-0.05, 0) is 45.7 Å². The predicted octanol–water partition coefficient (Wildman–Crippen LogP) is 3.18. The molecule has 2 atom stereocenters. The minimum atomic E-state index is -1.18. The Bertz CT molecular complexity index is 423. The van der Waals surface area contributed by atoms with E-state index in [4.69, 9.17) is 9.16 Å². The minimum Gasteiger partial charge on any atom is -0.443 e. The van der Waals surface area contributed by atoms with Gasteiger partial charge < -0.3 is 9.16 Å². The lowest BCUT2D eigenvalue weighted by molar-refractivity contribution is -0.132. The quantitative estimate of drug-likeness (QED) is 0.746. The number of hydrogen-bond donors (Lipinski definition) is 0. The van der Waals surface area contributed by atoms with Crippen LogP contribution in [0.2, 0.25) is 13.1 Å². The maximum Gasteiger partial charge on any atom is 0.417 e. The van der Waals surface area contributed by atoms with E-state index < -0.39 is 20.7 Å². The van der Waals surface area contributed by atoms with Gasteiger partial charge in [0.1, 0.15) is 5.60 Å². The van der Waals surface area contributed by atoms with E-state index in [0.717, 1.165) is 0 Å². The fourth-order valence-electron chi connectivity index (χ4n) is 2.54. The Labute approximate surface area is 136 Å². The molecule has 0 aromatic carbocycles. The monoisotopic (exact) mass is 329 g/mol. The molecule has 0 aliphatic carbocycles. The van der Waals surface area contributed by atoms with Gasteiger partial charge in [0.2, 0.25) is 5.91 Å². The van der Waals surface area contributed by atoms with Gasteiger partial charge in [-0.25, -0.2) is 9.69 Å². The molecule has 0 N–H and O–H groups in total. The average molecular weight is 330 g/mol. The first kappa shape index (κ1) is 19.2. The molecule has 22 heavy (non-hydrogen) atoms. The molecule has 5 nitrogen and oxygen atoms in total. The van der Waals surface area contributed by atoms with Crippen LogP contribution in [0, 0.1) is 11.3 Å². The zero-order valence-electron chi connectivity index (χ0n) is 15.2. The third kappa shape index (κ3) is 5.09. The zero-order valence-corrected chi connectivity index (χ0v) is 16.4. The first-order valence-corrected chi connectivity index (χ1v) is 10.8. The predicted molar refractivity (Wildman–Crippen MR) is 89.3 cm³/mol. The van der Waals surface area contributed by atoms with Crippen molar-refractivity contribution in [3.63, 3.8) is 0 Å². The van der Waals surface area contributed by atoms with Crippen LogP contribution in [0.3, 0.4) is 0 Å². The number of rotatable bonds is 3. The molecule has 128 valence electrons. The van der Waals surface area contributed by atoms with Crippen LogP contribution in [-0.2, 0) is 14.0 Å².